The summed E-state index contributed by atoms with van der Waals surface area (Å²) in [6.45, 7) is 12.2. The Morgan fingerprint density at radius 2 is 1.06 bits per heavy atom. The maximum absolute atomic E-state index is 6.28. The van der Waals surface area contributed by atoms with Gasteiger partial charge in [0.25, 0.3) is 0 Å². The van der Waals surface area contributed by atoms with Gasteiger partial charge in [-0.2, -0.15) is 9.13 Å². The van der Waals surface area contributed by atoms with Crippen LogP contribution >= 0.6 is 0 Å². The second-order valence-electron chi connectivity index (χ2n) is 10.6. The average molecular weight is 485 g/mol. The van der Waals surface area contributed by atoms with Crippen LogP contribution in [0.25, 0.3) is 0 Å². The van der Waals surface area contributed by atoms with Crippen LogP contribution in [0.3, 0.4) is 0 Å². The quantitative estimate of drug-likeness (QED) is 0.354. The molecular formula is C30H36N4O2+2. The van der Waals surface area contributed by atoms with Gasteiger partial charge in [0.05, 0.1) is 0 Å². The highest BCUT2D eigenvalue weighted by atomic mass is 16.5. The van der Waals surface area contributed by atoms with E-state index in [1.807, 2.05) is 0 Å². The summed E-state index contributed by atoms with van der Waals surface area (Å²) in [5, 5.41) is 0. The third-order valence-corrected chi connectivity index (χ3v) is 7.53. The molecule has 4 heterocycles. The van der Waals surface area contributed by atoms with Crippen molar-refractivity contribution in [1.82, 2.24) is 9.13 Å². The zero-order valence-corrected chi connectivity index (χ0v) is 21.7. The molecule has 4 aromatic rings. The molecule has 6 heteroatoms. The van der Waals surface area contributed by atoms with Crippen LogP contribution in [0.2, 0.25) is 0 Å². The van der Waals surface area contributed by atoms with Gasteiger partial charge < -0.3 is 9.47 Å². The lowest BCUT2D eigenvalue weighted by atomic mass is 10.1. The largest absolute Gasteiger partial charge is 0.454 e. The van der Waals surface area contributed by atoms with Crippen molar-refractivity contribution in [3.8, 4) is 11.8 Å². The first-order valence-electron chi connectivity index (χ1n) is 13.2. The van der Waals surface area contributed by atoms with E-state index in [1.54, 1.807) is 0 Å². The number of imidazole rings is 2. The zero-order valence-electron chi connectivity index (χ0n) is 21.7. The topological polar surface area (TPSA) is 36.1 Å². The molecule has 2 aliphatic rings. The van der Waals surface area contributed by atoms with Crippen LogP contribution in [0.5, 0.6) is 11.8 Å². The van der Waals surface area contributed by atoms with E-state index in [9.17, 15) is 0 Å². The van der Waals surface area contributed by atoms with Crippen LogP contribution in [0.1, 0.15) is 74.1 Å². The molecule has 0 saturated heterocycles. The number of ether oxygens (including phenoxy) is 2. The molecule has 2 aromatic heterocycles. The van der Waals surface area contributed by atoms with Crippen LogP contribution in [-0.4, -0.2) is 22.3 Å². The molecule has 0 fully saturated rings. The Morgan fingerprint density at radius 1 is 0.667 bits per heavy atom. The second kappa shape index (κ2) is 9.16. The second-order valence-corrected chi connectivity index (χ2v) is 10.6. The highest BCUT2D eigenvalue weighted by Crippen LogP contribution is 2.33. The predicted octanol–water partition coefficient (Wildman–Crippen LogP) is 4.78. The Bertz CT molecular complexity index is 1250. The van der Waals surface area contributed by atoms with Crippen molar-refractivity contribution in [3.63, 3.8) is 0 Å². The summed E-state index contributed by atoms with van der Waals surface area (Å²) in [5.74, 6) is 2.77. The molecule has 0 amide bonds. The highest BCUT2D eigenvalue weighted by Gasteiger charge is 2.40. The van der Waals surface area contributed by atoms with Crippen LogP contribution in [0.4, 0.5) is 0 Å². The zero-order chi connectivity index (χ0) is 24.8. The monoisotopic (exact) mass is 484 g/mol. The number of aromatic nitrogens is 4. The first kappa shape index (κ1) is 22.9. The van der Waals surface area contributed by atoms with Gasteiger partial charge >= 0.3 is 11.8 Å². The fourth-order valence-corrected chi connectivity index (χ4v) is 5.85. The number of hydrogen-bond acceptors (Lipinski definition) is 2. The molecule has 0 unspecified atom stereocenters. The predicted molar refractivity (Wildman–Crippen MR) is 138 cm³/mol. The third kappa shape index (κ3) is 3.80. The van der Waals surface area contributed by atoms with Gasteiger partial charge in [-0.05, 0) is 0 Å². The van der Waals surface area contributed by atoms with E-state index in [0.717, 1.165) is 24.8 Å². The van der Waals surface area contributed by atoms with Crippen molar-refractivity contribution in [1.29, 1.82) is 0 Å². The van der Waals surface area contributed by atoms with Crippen molar-refractivity contribution in [3.05, 3.63) is 95.8 Å². The van der Waals surface area contributed by atoms with E-state index in [-0.39, 0.29) is 12.1 Å². The number of hydrogen-bond donors (Lipinski definition) is 0. The molecule has 0 N–H and O–H groups in total. The number of rotatable bonds is 7. The molecule has 2 aliphatic heterocycles. The van der Waals surface area contributed by atoms with Crippen LogP contribution in [0.15, 0.2) is 73.3 Å². The lowest BCUT2D eigenvalue weighted by Crippen LogP contribution is -2.36. The Kier molecular flexibility index (Phi) is 5.82. The standard InChI is InChI=1S/C30H36N4O2/c1-21(2)27-29-33(25(17-35-29)23-11-7-5-8-12-23)19-31(27)15-16-32-20-34-26(24-13-9-6-10-14-24)18-36-30(34)28(32)22(3)4/h5-14,19-22,25-26H,15-18H2,1-4H3/q+2/t25-,26-/m0/s1. The Hall–Kier alpha value is -3.54. The van der Waals surface area contributed by atoms with Gasteiger partial charge in [-0.15, -0.1) is 0 Å². The normalized spacial score (nSPS) is 18.4. The number of nitrogens with zero attached hydrogens (tertiary/aromatic N) is 4. The first-order valence-corrected chi connectivity index (χ1v) is 13.2. The molecule has 0 saturated carbocycles. The average Bonchev–Trinajstić information content (AvgIpc) is 3.62. The highest BCUT2D eigenvalue weighted by molar-refractivity contribution is 5.26. The summed E-state index contributed by atoms with van der Waals surface area (Å²) >= 11 is 0. The molecule has 186 valence electrons. The van der Waals surface area contributed by atoms with E-state index in [1.165, 1.54) is 22.5 Å². The van der Waals surface area contributed by atoms with E-state index >= 15 is 0 Å². The van der Waals surface area contributed by atoms with Crippen molar-refractivity contribution < 1.29 is 18.6 Å². The van der Waals surface area contributed by atoms with E-state index in [0.29, 0.717) is 25.0 Å². The maximum Gasteiger partial charge on any atom is 0.329 e. The molecule has 6 rings (SSSR count). The lowest BCUT2D eigenvalue weighted by molar-refractivity contribution is -0.696. The van der Waals surface area contributed by atoms with Crippen molar-refractivity contribution in [2.24, 2.45) is 0 Å². The summed E-state index contributed by atoms with van der Waals surface area (Å²) in [5.41, 5.74) is 5.12. The van der Waals surface area contributed by atoms with Gasteiger partial charge in [0.1, 0.15) is 26.3 Å². The van der Waals surface area contributed by atoms with Crippen molar-refractivity contribution in [2.45, 2.75) is 64.7 Å². The van der Waals surface area contributed by atoms with E-state index < -0.39 is 0 Å². The summed E-state index contributed by atoms with van der Waals surface area (Å²) in [4.78, 5) is 0. The summed E-state index contributed by atoms with van der Waals surface area (Å²) in [6, 6.07) is 21.8. The minimum Gasteiger partial charge on any atom is -0.454 e. The van der Waals surface area contributed by atoms with Crippen molar-refractivity contribution >= 4 is 0 Å². The van der Waals surface area contributed by atoms with Gasteiger partial charge in [-0.3, -0.25) is 0 Å². The SMILES string of the molecule is CC(C)c1c2[n+](cn1CCn1c[n+]3c(c1C(C)C)OC[C@H]3c1ccccc1)[C@H](c1ccccc1)CO2. The summed E-state index contributed by atoms with van der Waals surface area (Å²) in [7, 11) is 0. The molecule has 0 aliphatic carbocycles. The van der Waals surface area contributed by atoms with Crippen LogP contribution in [0, 0.1) is 0 Å². The molecule has 6 nitrogen and oxygen atoms in total. The molecule has 0 bridgehead atoms. The van der Waals surface area contributed by atoms with Gasteiger partial charge in [-0.1, -0.05) is 88.4 Å². The van der Waals surface area contributed by atoms with E-state index in [4.69, 9.17) is 9.47 Å². The summed E-state index contributed by atoms with van der Waals surface area (Å²) in [6.07, 6.45) is 4.52. The Balaban J connectivity index is 1.31. The fourth-order valence-electron chi connectivity index (χ4n) is 5.85. The molecule has 2 atom stereocenters. The maximum atomic E-state index is 6.28. The molecule has 36 heavy (non-hydrogen) atoms. The minimum absolute atomic E-state index is 0.220. The number of aryl methyl sites for hydroxylation is 2. The van der Waals surface area contributed by atoms with E-state index in [2.05, 4.69) is 119 Å². The van der Waals surface area contributed by atoms with Gasteiger partial charge in [0, 0.05) is 23.0 Å². The summed E-state index contributed by atoms with van der Waals surface area (Å²) < 4.78 is 22.0. The number of fused-ring (bicyclic) bond motifs is 2. The molecule has 2 aromatic carbocycles. The van der Waals surface area contributed by atoms with Gasteiger partial charge in [0.2, 0.25) is 12.7 Å². The third-order valence-electron chi connectivity index (χ3n) is 7.53. The molecule has 0 spiro atoms. The molecular weight excluding hydrogens is 448 g/mol. The lowest BCUT2D eigenvalue weighted by Gasteiger charge is -2.09. The van der Waals surface area contributed by atoms with Gasteiger partial charge in [-0.25, -0.2) is 9.13 Å². The Labute approximate surface area is 213 Å². The fraction of sp³-hybridized carbons (Fsp3) is 0.400. The number of benzene rings is 2. The van der Waals surface area contributed by atoms with Crippen molar-refractivity contribution in [2.75, 3.05) is 13.2 Å². The smallest absolute Gasteiger partial charge is 0.329 e. The first-order chi connectivity index (χ1) is 17.5. The Morgan fingerprint density at radius 3 is 1.42 bits per heavy atom. The minimum atomic E-state index is 0.220. The van der Waals surface area contributed by atoms with Crippen LogP contribution in [-0.2, 0) is 13.1 Å². The van der Waals surface area contributed by atoms with Gasteiger partial charge in [0.15, 0.2) is 23.5 Å². The van der Waals surface area contributed by atoms with Crippen LogP contribution < -0.4 is 18.6 Å². The molecule has 0 radical (unpaired) electrons.